The quantitative estimate of drug-likeness (QED) is 0.754. The van der Waals surface area contributed by atoms with Crippen LogP contribution in [0.4, 0.5) is 0 Å². The van der Waals surface area contributed by atoms with Crippen LogP contribution in [0.2, 0.25) is 0 Å². The topological polar surface area (TPSA) is 74.8 Å². The summed E-state index contributed by atoms with van der Waals surface area (Å²) in [6, 6.07) is 6.92. The van der Waals surface area contributed by atoms with Gasteiger partial charge < -0.3 is 4.90 Å². The Bertz CT molecular complexity index is 816. The number of nitrogens with zero attached hydrogens (tertiary/aromatic N) is 2. The molecule has 6 nitrogen and oxygen atoms in total. The van der Waals surface area contributed by atoms with Crippen LogP contribution in [-0.4, -0.2) is 77.1 Å². The van der Waals surface area contributed by atoms with Crippen molar-refractivity contribution in [3.8, 4) is 0 Å². The molecular formula is C16H24N2O4S2. The maximum atomic E-state index is 12.4. The van der Waals surface area contributed by atoms with E-state index in [1.165, 1.54) is 6.26 Å². The fourth-order valence-electron chi connectivity index (χ4n) is 3.88. The van der Waals surface area contributed by atoms with Gasteiger partial charge in [0.15, 0.2) is 19.7 Å². The second-order valence-electron chi connectivity index (χ2n) is 7.17. The SMILES string of the molecule is CN(C)[C@@H]1CS(=O)(=O)[C@H]2CN(Cc3ccc(S(C)(=O)=O)cc3)C[C@@H]12. The minimum atomic E-state index is -3.19. The first kappa shape index (κ1) is 17.8. The molecule has 3 atom stereocenters. The molecule has 2 saturated heterocycles. The first-order chi connectivity index (χ1) is 11.1. The van der Waals surface area contributed by atoms with Gasteiger partial charge in [-0.2, -0.15) is 0 Å². The lowest BCUT2D eigenvalue weighted by atomic mass is 10.00. The zero-order valence-corrected chi connectivity index (χ0v) is 15.8. The molecule has 0 saturated carbocycles. The molecule has 2 aliphatic heterocycles. The summed E-state index contributed by atoms with van der Waals surface area (Å²) in [5.74, 6) is 0.409. The van der Waals surface area contributed by atoms with E-state index < -0.39 is 19.7 Å². The van der Waals surface area contributed by atoms with Crippen molar-refractivity contribution in [2.75, 3.05) is 39.2 Å². The van der Waals surface area contributed by atoms with Gasteiger partial charge >= 0.3 is 0 Å². The number of benzene rings is 1. The Kier molecular flexibility index (Phi) is 4.53. The number of rotatable bonds is 4. The summed E-state index contributed by atoms with van der Waals surface area (Å²) >= 11 is 0. The zero-order chi connectivity index (χ0) is 17.7. The van der Waals surface area contributed by atoms with Crippen LogP contribution in [0.3, 0.4) is 0 Å². The minimum absolute atomic E-state index is 0.0811. The van der Waals surface area contributed by atoms with Gasteiger partial charge in [-0.1, -0.05) is 12.1 Å². The molecule has 0 N–H and O–H groups in total. The highest BCUT2D eigenvalue weighted by atomic mass is 32.2. The van der Waals surface area contributed by atoms with Crippen molar-refractivity contribution in [3.05, 3.63) is 29.8 Å². The summed E-state index contributed by atoms with van der Waals surface area (Å²) in [7, 11) is -2.34. The lowest BCUT2D eigenvalue weighted by Crippen LogP contribution is -2.37. The van der Waals surface area contributed by atoms with Crippen molar-refractivity contribution in [2.45, 2.75) is 22.7 Å². The molecule has 0 aromatic heterocycles. The van der Waals surface area contributed by atoms with Crippen LogP contribution in [0.1, 0.15) is 5.56 Å². The van der Waals surface area contributed by atoms with Gasteiger partial charge in [0.2, 0.25) is 0 Å². The molecule has 0 unspecified atom stereocenters. The third-order valence-corrected chi connectivity index (χ3v) is 8.52. The van der Waals surface area contributed by atoms with E-state index in [2.05, 4.69) is 4.90 Å². The predicted molar refractivity (Wildman–Crippen MR) is 93.4 cm³/mol. The van der Waals surface area contributed by atoms with Crippen molar-refractivity contribution < 1.29 is 16.8 Å². The number of hydrogen-bond acceptors (Lipinski definition) is 6. The van der Waals surface area contributed by atoms with Crippen molar-refractivity contribution >= 4 is 19.7 Å². The number of likely N-dealkylation sites (tertiary alicyclic amines) is 1. The Morgan fingerprint density at radius 3 is 2.33 bits per heavy atom. The molecule has 0 aliphatic carbocycles. The normalized spacial score (nSPS) is 29.9. The second-order valence-corrected chi connectivity index (χ2v) is 11.5. The standard InChI is InChI=1S/C16H24N2O4S2/c1-17(2)15-11-24(21,22)16-10-18(9-14(15)16)8-12-4-6-13(7-5-12)23(3,19)20/h4-7,14-16H,8-11H2,1-3H3/t14-,15+,16-/m0/s1. The average Bonchev–Trinajstić information content (AvgIpc) is 2.98. The predicted octanol–water partition coefficient (Wildman–Crippen LogP) is 0.249. The maximum absolute atomic E-state index is 12.4. The highest BCUT2D eigenvalue weighted by molar-refractivity contribution is 7.92. The molecule has 8 heteroatoms. The molecule has 134 valence electrons. The van der Waals surface area contributed by atoms with Crippen LogP contribution in [0.15, 0.2) is 29.2 Å². The summed E-state index contributed by atoms with van der Waals surface area (Å²) in [6.07, 6.45) is 1.19. The monoisotopic (exact) mass is 372 g/mol. The lowest BCUT2D eigenvalue weighted by molar-refractivity contribution is 0.229. The van der Waals surface area contributed by atoms with E-state index in [1.807, 2.05) is 31.1 Å². The van der Waals surface area contributed by atoms with Crippen molar-refractivity contribution in [1.82, 2.24) is 9.80 Å². The molecule has 2 aliphatic rings. The number of hydrogen-bond donors (Lipinski definition) is 0. The van der Waals surface area contributed by atoms with Crippen LogP contribution >= 0.6 is 0 Å². The fourth-order valence-corrected chi connectivity index (χ4v) is 7.01. The highest BCUT2D eigenvalue weighted by Gasteiger charge is 2.52. The highest BCUT2D eigenvalue weighted by Crippen LogP contribution is 2.36. The molecule has 0 radical (unpaired) electrons. The third-order valence-electron chi connectivity index (χ3n) is 5.16. The molecule has 0 spiro atoms. The van der Waals surface area contributed by atoms with Gasteiger partial charge in [-0.15, -0.1) is 0 Å². The van der Waals surface area contributed by atoms with E-state index in [4.69, 9.17) is 0 Å². The molecule has 2 fully saturated rings. The summed E-state index contributed by atoms with van der Waals surface area (Å²) in [6.45, 7) is 1.97. The van der Waals surface area contributed by atoms with Crippen LogP contribution in [0.25, 0.3) is 0 Å². The second kappa shape index (κ2) is 6.09. The van der Waals surface area contributed by atoms with Gasteiger partial charge in [0.05, 0.1) is 15.9 Å². The van der Waals surface area contributed by atoms with Crippen LogP contribution in [0.5, 0.6) is 0 Å². The van der Waals surface area contributed by atoms with Crippen LogP contribution in [0, 0.1) is 5.92 Å². The summed E-state index contributed by atoms with van der Waals surface area (Å²) in [4.78, 5) is 4.49. The van der Waals surface area contributed by atoms with E-state index in [1.54, 1.807) is 12.1 Å². The lowest BCUT2D eigenvalue weighted by Gasteiger charge is -2.25. The van der Waals surface area contributed by atoms with Crippen molar-refractivity contribution in [3.63, 3.8) is 0 Å². The van der Waals surface area contributed by atoms with E-state index in [-0.39, 0.29) is 23.0 Å². The molecule has 0 bridgehead atoms. The molecule has 24 heavy (non-hydrogen) atoms. The third kappa shape index (κ3) is 3.37. The summed E-state index contributed by atoms with van der Waals surface area (Å²) < 4.78 is 47.8. The van der Waals surface area contributed by atoms with Gasteiger partial charge in [0.25, 0.3) is 0 Å². The largest absolute Gasteiger partial charge is 0.305 e. The first-order valence-electron chi connectivity index (χ1n) is 7.97. The van der Waals surface area contributed by atoms with Gasteiger partial charge in [0, 0.05) is 37.8 Å². The molecule has 0 amide bonds. The summed E-state index contributed by atoms with van der Waals surface area (Å²) in [5, 5.41) is -0.278. The van der Waals surface area contributed by atoms with Gasteiger partial charge in [-0.3, -0.25) is 4.90 Å². The van der Waals surface area contributed by atoms with Crippen molar-refractivity contribution in [1.29, 1.82) is 0 Å². The van der Waals surface area contributed by atoms with Gasteiger partial charge in [-0.05, 0) is 31.8 Å². The molecule has 3 rings (SSSR count). The molecular weight excluding hydrogens is 348 g/mol. The molecule has 1 aromatic carbocycles. The molecule has 1 aromatic rings. The van der Waals surface area contributed by atoms with Crippen LogP contribution < -0.4 is 0 Å². The van der Waals surface area contributed by atoms with E-state index in [0.717, 1.165) is 12.1 Å². The van der Waals surface area contributed by atoms with Gasteiger partial charge in [-0.25, -0.2) is 16.8 Å². The Morgan fingerprint density at radius 2 is 1.79 bits per heavy atom. The maximum Gasteiger partial charge on any atom is 0.175 e. The van der Waals surface area contributed by atoms with E-state index >= 15 is 0 Å². The Balaban J connectivity index is 1.73. The Labute approximate surface area is 144 Å². The molecule has 2 heterocycles. The fraction of sp³-hybridized carbons (Fsp3) is 0.625. The Hall–Kier alpha value is -0.960. The minimum Gasteiger partial charge on any atom is -0.305 e. The zero-order valence-electron chi connectivity index (χ0n) is 14.2. The average molecular weight is 373 g/mol. The first-order valence-corrected chi connectivity index (χ1v) is 11.6. The smallest absolute Gasteiger partial charge is 0.175 e. The van der Waals surface area contributed by atoms with E-state index in [0.29, 0.717) is 18.0 Å². The van der Waals surface area contributed by atoms with E-state index in [9.17, 15) is 16.8 Å². The van der Waals surface area contributed by atoms with Gasteiger partial charge in [0.1, 0.15) is 0 Å². The summed E-state index contributed by atoms with van der Waals surface area (Å²) in [5.41, 5.74) is 1.00. The number of fused-ring (bicyclic) bond motifs is 1. The number of sulfone groups is 2. The Morgan fingerprint density at radius 1 is 1.17 bits per heavy atom. The van der Waals surface area contributed by atoms with Crippen molar-refractivity contribution in [2.24, 2.45) is 5.92 Å². The van der Waals surface area contributed by atoms with Crippen LogP contribution in [-0.2, 0) is 26.2 Å².